The van der Waals surface area contributed by atoms with Gasteiger partial charge in [-0.15, -0.1) is 0 Å². The molecule has 4 amide bonds. The van der Waals surface area contributed by atoms with Crippen molar-refractivity contribution in [2.24, 2.45) is 11.8 Å². The van der Waals surface area contributed by atoms with Crippen LogP contribution < -0.4 is 0 Å². The Labute approximate surface area is 148 Å². The molecule has 2 unspecified atom stereocenters. The highest BCUT2D eigenvalue weighted by Gasteiger charge is 2.41. The van der Waals surface area contributed by atoms with Crippen molar-refractivity contribution in [3.8, 4) is 0 Å². The predicted octanol–water partition coefficient (Wildman–Crippen LogP) is 2.13. The second-order valence-electron chi connectivity index (χ2n) is 5.57. The number of nitrogens with zero attached hydrogens (tertiary/aromatic N) is 2. The fourth-order valence-corrected chi connectivity index (χ4v) is 2.35. The van der Waals surface area contributed by atoms with Crippen molar-refractivity contribution >= 4 is 33.5 Å². The van der Waals surface area contributed by atoms with E-state index < -0.39 is 0 Å². The summed E-state index contributed by atoms with van der Waals surface area (Å²) in [5, 5.41) is 0. The standard InChI is InChI=1S/C9H15NO2.C7H9NO2.CH3.H2P/c1-4-5-10-8(11)6(2)7(3)9(10)12;1-2-5-8-6(9)3-4-7(8)10;;/h6-7H,4-5H2,1-3H3;3-4H,2,5H2,1H3;1H3;1H2/q;;2*-1. The second kappa shape index (κ2) is 11.1. The van der Waals surface area contributed by atoms with E-state index in [0.29, 0.717) is 13.1 Å². The summed E-state index contributed by atoms with van der Waals surface area (Å²) in [7, 11) is 0. The summed E-state index contributed by atoms with van der Waals surface area (Å²) in [4.78, 5) is 47.0. The third-order valence-electron chi connectivity index (χ3n) is 3.86. The number of likely N-dealkylation sites (tertiary alicyclic amines) is 1. The minimum atomic E-state index is -0.188. The van der Waals surface area contributed by atoms with Gasteiger partial charge in [-0.05, 0) is 12.8 Å². The van der Waals surface area contributed by atoms with Gasteiger partial charge in [0.2, 0.25) is 11.8 Å². The predicted molar refractivity (Wildman–Crippen MR) is 97.6 cm³/mol. The maximum absolute atomic E-state index is 11.4. The Bertz CT molecular complexity index is 467. The molecule has 2 aliphatic rings. The molecule has 2 aliphatic heterocycles. The third-order valence-corrected chi connectivity index (χ3v) is 3.86. The summed E-state index contributed by atoms with van der Waals surface area (Å²) in [6, 6.07) is 0. The smallest absolute Gasteiger partial charge is 0.253 e. The summed E-state index contributed by atoms with van der Waals surface area (Å²) < 4.78 is 0. The van der Waals surface area contributed by atoms with Crippen LogP contribution in [0.5, 0.6) is 0 Å². The van der Waals surface area contributed by atoms with Gasteiger partial charge in [-0.2, -0.15) is 0 Å². The second-order valence-corrected chi connectivity index (χ2v) is 5.57. The van der Waals surface area contributed by atoms with Crippen LogP contribution in [0.4, 0.5) is 0 Å². The van der Waals surface area contributed by atoms with Crippen LogP contribution in [0.25, 0.3) is 0 Å². The van der Waals surface area contributed by atoms with Gasteiger partial charge in [0.1, 0.15) is 0 Å². The first-order valence-corrected chi connectivity index (χ1v) is 7.73. The van der Waals surface area contributed by atoms with Gasteiger partial charge in [0, 0.05) is 37.1 Å². The van der Waals surface area contributed by atoms with Crippen molar-refractivity contribution < 1.29 is 19.2 Å². The van der Waals surface area contributed by atoms with E-state index in [0.717, 1.165) is 12.8 Å². The summed E-state index contributed by atoms with van der Waals surface area (Å²) in [6.45, 7) is 8.64. The molecule has 24 heavy (non-hydrogen) atoms. The van der Waals surface area contributed by atoms with Crippen LogP contribution in [0, 0.1) is 19.3 Å². The average molecular weight is 356 g/mol. The van der Waals surface area contributed by atoms with E-state index in [9.17, 15) is 19.2 Å². The maximum Gasteiger partial charge on any atom is 0.253 e. The van der Waals surface area contributed by atoms with Crippen LogP contribution in [0.1, 0.15) is 40.5 Å². The molecule has 0 aliphatic carbocycles. The Morgan fingerprint density at radius 3 is 1.46 bits per heavy atom. The van der Waals surface area contributed by atoms with Crippen molar-refractivity contribution in [2.75, 3.05) is 13.1 Å². The fourth-order valence-electron chi connectivity index (χ4n) is 2.35. The molecule has 138 valence electrons. The molecule has 6 nitrogen and oxygen atoms in total. The lowest BCUT2D eigenvalue weighted by molar-refractivity contribution is -0.140. The summed E-state index contributed by atoms with van der Waals surface area (Å²) >= 11 is 0. The van der Waals surface area contributed by atoms with Crippen molar-refractivity contribution in [3.05, 3.63) is 19.6 Å². The van der Waals surface area contributed by atoms with E-state index in [4.69, 9.17) is 0 Å². The van der Waals surface area contributed by atoms with Crippen molar-refractivity contribution in [1.82, 2.24) is 9.80 Å². The Hall–Kier alpha value is -1.55. The molecule has 0 bridgehead atoms. The molecule has 2 heterocycles. The number of hydrogen-bond donors (Lipinski definition) is 0. The molecular weight excluding hydrogens is 327 g/mol. The summed E-state index contributed by atoms with van der Waals surface area (Å²) in [5.41, 5.74) is 0. The lowest BCUT2D eigenvalue weighted by Gasteiger charge is -2.11. The lowest BCUT2D eigenvalue weighted by Crippen LogP contribution is -2.31. The van der Waals surface area contributed by atoms with Crippen molar-refractivity contribution in [1.29, 1.82) is 0 Å². The van der Waals surface area contributed by atoms with E-state index in [1.54, 1.807) is 0 Å². The molecule has 1 fully saturated rings. The number of rotatable bonds is 4. The van der Waals surface area contributed by atoms with Gasteiger partial charge in [0.05, 0.1) is 0 Å². The minimum absolute atomic E-state index is 0. The van der Waals surface area contributed by atoms with Crippen LogP contribution >= 0.6 is 9.90 Å². The Balaban J connectivity index is 0. The topological polar surface area (TPSA) is 74.8 Å². The zero-order valence-corrected chi connectivity index (χ0v) is 16.4. The fraction of sp³-hybridized carbons (Fsp3) is 0.588. The molecule has 0 aromatic carbocycles. The van der Waals surface area contributed by atoms with E-state index in [2.05, 4.69) is 0 Å². The first-order chi connectivity index (χ1) is 10.3. The normalized spacial score (nSPS) is 22.2. The van der Waals surface area contributed by atoms with Crippen LogP contribution in [0.3, 0.4) is 0 Å². The molecule has 0 saturated carbocycles. The van der Waals surface area contributed by atoms with Crippen LogP contribution in [-0.2, 0) is 19.2 Å². The van der Waals surface area contributed by atoms with E-state index in [1.165, 1.54) is 22.0 Å². The van der Waals surface area contributed by atoms with Gasteiger partial charge in [-0.3, -0.25) is 29.0 Å². The van der Waals surface area contributed by atoms with Crippen LogP contribution in [0.15, 0.2) is 12.2 Å². The average Bonchev–Trinajstić information content (AvgIpc) is 2.90. The molecule has 0 aromatic heterocycles. The largest absolute Gasteiger partial charge is 0.577 e. The van der Waals surface area contributed by atoms with Gasteiger partial charge in [0.15, 0.2) is 0 Å². The summed E-state index contributed by atoms with van der Waals surface area (Å²) in [6.07, 6.45) is 4.27. The molecular formula is C17H29N2O4P-2. The van der Waals surface area contributed by atoms with Crippen molar-refractivity contribution in [2.45, 2.75) is 40.5 Å². The number of carbonyl (C=O) groups excluding carboxylic acids is 4. The van der Waals surface area contributed by atoms with E-state index in [1.807, 2.05) is 27.7 Å². The van der Waals surface area contributed by atoms with Gasteiger partial charge in [-0.1, -0.05) is 27.7 Å². The molecule has 0 aromatic rings. The molecule has 0 spiro atoms. The highest BCUT2D eigenvalue weighted by atomic mass is 31.0. The Kier molecular flexibility index (Phi) is 11.4. The highest BCUT2D eigenvalue weighted by Crippen LogP contribution is 2.25. The SMILES string of the molecule is CCCN1C(=O)C(C)C(C)C1=O.CCCN1C(=O)C=CC1=O.[CH3-].[PH2-]. The quantitative estimate of drug-likeness (QED) is 0.439. The minimum Gasteiger partial charge on any atom is -0.577 e. The summed E-state index contributed by atoms with van der Waals surface area (Å²) in [5.74, 6) is -0.629. The molecule has 0 radical (unpaired) electrons. The van der Waals surface area contributed by atoms with Gasteiger partial charge < -0.3 is 17.3 Å². The number of imide groups is 2. The van der Waals surface area contributed by atoms with E-state index in [-0.39, 0.29) is 52.8 Å². The molecule has 2 atom stereocenters. The van der Waals surface area contributed by atoms with Crippen LogP contribution in [0.2, 0.25) is 0 Å². The Morgan fingerprint density at radius 2 is 1.12 bits per heavy atom. The zero-order chi connectivity index (χ0) is 16.9. The first kappa shape index (κ1) is 24.7. The zero-order valence-electron chi connectivity index (χ0n) is 15.2. The highest BCUT2D eigenvalue weighted by molar-refractivity contribution is 6.92. The monoisotopic (exact) mass is 356 g/mol. The lowest BCUT2D eigenvalue weighted by atomic mass is 10.00. The molecule has 0 N–H and O–H groups in total. The van der Waals surface area contributed by atoms with Crippen LogP contribution in [-0.4, -0.2) is 46.5 Å². The van der Waals surface area contributed by atoms with Crippen molar-refractivity contribution in [3.63, 3.8) is 0 Å². The molecule has 7 heteroatoms. The van der Waals surface area contributed by atoms with Gasteiger partial charge >= 0.3 is 0 Å². The molecule has 1 saturated heterocycles. The Morgan fingerprint density at radius 1 is 0.792 bits per heavy atom. The number of hydrogen-bond acceptors (Lipinski definition) is 4. The molecule has 2 rings (SSSR count). The third kappa shape index (κ3) is 5.52. The number of carbonyl (C=O) groups is 4. The van der Waals surface area contributed by atoms with Gasteiger partial charge in [0.25, 0.3) is 11.8 Å². The van der Waals surface area contributed by atoms with E-state index >= 15 is 0 Å². The maximum atomic E-state index is 11.4. The number of amides is 4. The van der Waals surface area contributed by atoms with Gasteiger partial charge in [-0.25, -0.2) is 0 Å². The first-order valence-electron chi connectivity index (χ1n) is 7.73.